The number of hydrogen-bond acceptors (Lipinski definition) is 2. The molecular formula is C18H26ClN3O. The van der Waals surface area contributed by atoms with Crippen LogP contribution in [-0.2, 0) is 6.54 Å². The summed E-state index contributed by atoms with van der Waals surface area (Å²) >= 11 is 5.90. The monoisotopic (exact) mass is 335 g/mol. The van der Waals surface area contributed by atoms with Crippen LogP contribution in [0.25, 0.3) is 0 Å². The van der Waals surface area contributed by atoms with E-state index in [-0.39, 0.29) is 6.03 Å². The Morgan fingerprint density at radius 2 is 1.78 bits per heavy atom. The van der Waals surface area contributed by atoms with Crippen molar-refractivity contribution >= 4 is 17.6 Å². The van der Waals surface area contributed by atoms with Crippen LogP contribution in [0, 0.1) is 0 Å². The minimum absolute atomic E-state index is 0.0730. The summed E-state index contributed by atoms with van der Waals surface area (Å²) in [7, 11) is 0. The van der Waals surface area contributed by atoms with Gasteiger partial charge >= 0.3 is 6.03 Å². The first kappa shape index (κ1) is 16.6. The molecule has 1 aromatic carbocycles. The van der Waals surface area contributed by atoms with Crippen LogP contribution in [0.2, 0.25) is 5.02 Å². The largest absolute Gasteiger partial charge is 0.334 e. The van der Waals surface area contributed by atoms with Crippen LogP contribution in [-0.4, -0.2) is 48.1 Å². The Labute approximate surface area is 143 Å². The van der Waals surface area contributed by atoms with Gasteiger partial charge in [-0.15, -0.1) is 0 Å². The van der Waals surface area contributed by atoms with E-state index in [9.17, 15) is 4.79 Å². The number of piperidine rings is 1. The molecule has 0 aliphatic carbocycles. The lowest BCUT2D eigenvalue weighted by atomic mass is 10.0. The number of benzene rings is 1. The second-order valence-electron chi connectivity index (χ2n) is 6.64. The minimum atomic E-state index is 0.0730. The van der Waals surface area contributed by atoms with E-state index in [0.29, 0.717) is 12.6 Å². The second kappa shape index (κ2) is 8.02. The highest BCUT2D eigenvalue weighted by Gasteiger charge is 2.28. The number of nitrogens with one attached hydrogen (secondary N) is 1. The molecule has 5 heteroatoms. The van der Waals surface area contributed by atoms with Gasteiger partial charge in [0.25, 0.3) is 0 Å². The Kier molecular flexibility index (Phi) is 5.79. The molecule has 126 valence electrons. The molecule has 1 atom stereocenters. The maximum absolute atomic E-state index is 12.6. The molecule has 0 radical (unpaired) electrons. The van der Waals surface area contributed by atoms with Gasteiger partial charge in [-0.2, -0.15) is 0 Å². The van der Waals surface area contributed by atoms with Gasteiger partial charge in [0.1, 0.15) is 0 Å². The molecule has 2 saturated heterocycles. The number of carbonyl (C=O) groups is 1. The fourth-order valence-electron chi connectivity index (χ4n) is 3.60. The molecule has 2 aliphatic rings. The summed E-state index contributed by atoms with van der Waals surface area (Å²) in [6.45, 7) is 4.86. The van der Waals surface area contributed by atoms with Gasteiger partial charge in [-0.25, -0.2) is 4.79 Å². The third kappa shape index (κ3) is 4.61. The fourth-order valence-corrected chi connectivity index (χ4v) is 3.73. The summed E-state index contributed by atoms with van der Waals surface area (Å²) in [5, 5.41) is 3.79. The van der Waals surface area contributed by atoms with Crippen LogP contribution in [0.5, 0.6) is 0 Å². The Bertz CT molecular complexity index is 514. The van der Waals surface area contributed by atoms with E-state index >= 15 is 0 Å². The predicted molar refractivity (Wildman–Crippen MR) is 93.7 cm³/mol. The molecule has 0 spiro atoms. The molecule has 2 fully saturated rings. The third-order valence-corrected chi connectivity index (χ3v) is 5.16. The van der Waals surface area contributed by atoms with Gasteiger partial charge in [-0.05, 0) is 62.9 Å². The highest BCUT2D eigenvalue weighted by Crippen LogP contribution is 2.20. The Morgan fingerprint density at radius 1 is 1.09 bits per heavy atom. The smallest absolute Gasteiger partial charge is 0.317 e. The molecular weight excluding hydrogens is 310 g/mol. The molecule has 2 amide bonds. The van der Waals surface area contributed by atoms with E-state index in [4.69, 9.17) is 11.6 Å². The number of amides is 2. The molecule has 23 heavy (non-hydrogen) atoms. The summed E-state index contributed by atoms with van der Waals surface area (Å²) in [5.74, 6) is 0. The van der Waals surface area contributed by atoms with Crippen LogP contribution in [0.1, 0.15) is 37.7 Å². The van der Waals surface area contributed by atoms with Gasteiger partial charge in [0.15, 0.2) is 0 Å². The lowest BCUT2D eigenvalue weighted by Crippen LogP contribution is -2.52. The second-order valence-corrected chi connectivity index (χ2v) is 7.07. The van der Waals surface area contributed by atoms with Gasteiger partial charge in [-0.1, -0.05) is 23.7 Å². The lowest BCUT2D eigenvalue weighted by molar-refractivity contribution is 0.127. The zero-order valence-electron chi connectivity index (χ0n) is 13.6. The van der Waals surface area contributed by atoms with Gasteiger partial charge in [0.05, 0.1) is 0 Å². The first-order valence-corrected chi connectivity index (χ1v) is 9.11. The van der Waals surface area contributed by atoms with Crippen molar-refractivity contribution in [3.05, 3.63) is 34.9 Å². The van der Waals surface area contributed by atoms with Gasteiger partial charge in [-0.3, -0.25) is 0 Å². The molecule has 0 saturated carbocycles. The number of halogens is 1. The van der Waals surface area contributed by atoms with Crippen molar-refractivity contribution in [2.75, 3.05) is 26.2 Å². The summed E-state index contributed by atoms with van der Waals surface area (Å²) in [5.41, 5.74) is 1.08. The SMILES string of the molecule is O=C(NCc1ccc(Cl)cc1)N1CCCCC1CN1CCCC1. The zero-order chi connectivity index (χ0) is 16.1. The summed E-state index contributed by atoms with van der Waals surface area (Å²) in [4.78, 5) is 17.2. The number of urea groups is 1. The third-order valence-electron chi connectivity index (χ3n) is 4.91. The van der Waals surface area contributed by atoms with Crippen LogP contribution in [0.3, 0.4) is 0 Å². The van der Waals surface area contributed by atoms with E-state index in [2.05, 4.69) is 15.1 Å². The Hall–Kier alpha value is -1.26. The molecule has 2 heterocycles. The minimum Gasteiger partial charge on any atom is -0.334 e. The molecule has 4 nitrogen and oxygen atoms in total. The lowest BCUT2D eigenvalue weighted by Gasteiger charge is -2.37. The fraction of sp³-hybridized carbons (Fsp3) is 0.611. The zero-order valence-corrected chi connectivity index (χ0v) is 14.4. The number of rotatable bonds is 4. The van der Waals surface area contributed by atoms with Crippen molar-refractivity contribution in [3.8, 4) is 0 Å². The average molecular weight is 336 g/mol. The van der Waals surface area contributed by atoms with Crippen molar-refractivity contribution in [2.45, 2.75) is 44.7 Å². The van der Waals surface area contributed by atoms with Crippen molar-refractivity contribution in [1.29, 1.82) is 0 Å². The molecule has 0 bridgehead atoms. The first-order valence-electron chi connectivity index (χ1n) is 8.73. The Morgan fingerprint density at radius 3 is 2.52 bits per heavy atom. The summed E-state index contributed by atoms with van der Waals surface area (Å²) in [6.07, 6.45) is 6.08. The van der Waals surface area contributed by atoms with Crippen molar-refractivity contribution in [3.63, 3.8) is 0 Å². The normalized spacial score (nSPS) is 22.3. The van der Waals surface area contributed by atoms with Crippen molar-refractivity contribution < 1.29 is 4.79 Å². The molecule has 3 rings (SSSR count). The van der Waals surface area contributed by atoms with Crippen LogP contribution >= 0.6 is 11.6 Å². The van der Waals surface area contributed by atoms with E-state index in [0.717, 1.165) is 36.5 Å². The number of nitrogens with zero attached hydrogens (tertiary/aromatic N) is 2. The topological polar surface area (TPSA) is 35.6 Å². The van der Waals surface area contributed by atoms with E-state index < -0.39 is 0 Å². The summed E-state index contributed by atoms with van der Waals surface area (Å²) < 4.78 is 0. The van der Waals surface area contributed by atoms with E-state index in [1.54, 1.807) is 0 Å². The number of likely N-dealkylation sites (tertiary alicyclic amines) is 2. The molecule has 1 aromatic rings. The van der Waals surface area contributed by atoms with Gasteiger partial charge in [0, 0.05) is 30.7 Å². The highest BCUT2D eigenvalue weighted by atomic mass is 35.5. The highest BCUT2D eigenvalue weighted by molar-refractivity contribution is 6.30. The van der Waals surface area contributed by atoms with Crippen LogP contribution < -0.4 is 5.32 Å². The number of carbonyl (C=O) groups excluding carboxylic acids is 1. The molecule has 0 aromatic heterocycles. The summed E-state index contributed by atoms with van der Waals surface area (Å²) in [6, 6.07) is 8.08. The quantitative estimate of drug-likeness (QED) is 0.914. The average Bonchev–Trinajstić information content (AvgIpc) is 3.07. The van der Waals surface area contributed by atoms with Gasteiger partial charge in [0.2, 0.25) is 0 Å². The predicted octanol–water partition coefficient (Wildman–Crippen LogP) is 3.50. The van der Waals surface area contributed by atoms with E-state index in [1.807, 2.05) is 24.3 Å². The molecule has 1 N–H and O–H groups in total. The van der Waals surface area contributed by atoms with Crippen molar-refractivity contribution in [2.24, 2.45) is 0 Å². The maximum atomic E-state index is 12.6. The van der Waals surface area contributed by atoms with Crippen molar-refractivity contribution in [1.82, 2.24) is 15.1 Å². The Balaban J connectivity index is 1.53. The molecule has 2 aliphatic heterocycles. The number of hydrogen-bond donors (Lipinski definition) is 1. The van der Waals surface area contributed by atoms with Crippen LogP contribution in [0.15, 0.2) is 24.3 Å². The first-order chi connectivity index (χ1) is 11.2. The van der Waals surface area contributed by atoms with Gasteiger partial charge < -0.3 is 15.1 Å². The maximum Gasteiger partial charge on any atom is 0.317 e. The van der Waals surface area contributed by atoms with Crippen LogP contribution in [0.4, 0.5) is 4.79 Å². The molecule has 1 unspecified atom stereocenters. The van der Waals surface area contributed by atoms with E-state index in [1.165, 1.54) is 32.4 Å². The standard InChI is InChI=1S/C18H26ClN3O/c19-16-8-6-15(7-9-16)13-20-18(23)22-12-2-1-5-17(22)14-21-10-3-4-11-21/h6-9,17H,1-5,10-14H2,(H,20,23).